The second kappa shape index (κ2) is 7.36. The fraction of sp³-hybridized carbons (Fsp3) is 0.304. The Morgan fingerprint density at radius 1 is 1.12 bits per heavy atom. The van der Waals surface area contributed by atoms with Crippen LogP contribution in [0.15, 0.2) is 48.5 Å². The summed E-state index contributed by atoms with van der Waals surface area (Å²) in [6.07, 6.45) is -1.67. The summed E-state index contributed by atoms with van der Waals surface area (Å²) >= 11 is 0. The summed E-state index contributed by atoms with van der Waals surface area (Å²) in [6.45, 7) is 0.466. The van der Waals surface area contributed by atoms with E-state index in [1.54, 1.807) is 4.90 Å². The summed E-state index contributed by atoms with van der Waals surface area (Å²) in [6, 6.07) is 8.37. The molecule has 9 heteroatoms. The van der Waals surface area contributed by atoms with Crippen molar-refractivity contribution in [2.75, 3.05) is 18.4 Å². The predicted molar refractivity (Wildman–Crippen MR) is 109 cm³/mol. The average Bonchev–Trinajstić information content (AvgIpc) is 3.35. The third-order valence-corrected chi connectivity index (χ3v) is 6.26. The summed E-state index contributed by atoms with van der Waals surface area (Å²) in [5.41, 5.74) is 1.88. The second-order valence-corrected chi connectivity index (χ2v) is 8.34. The fourth-order valence-corrected chi connectivity index (χ4v) is 4.73. The first-order valence-corrected chi connectivity index (χ1v) is 10.2. The van der Waals surface area contributed by atoms with Gasteiger partial charge in [-0.2, -0.15) is 13.2 Å². The van der Waals surface area contributed by atoms with Gasteiger partial charge in [0.1, 0.15) is 12.4 Å². The number of rotatable bonds is 3. The van der Waals surface area contributed by atoms with Gasteiger partial charge in [0.15, 0.2) is 0 Å². The van der Waals surface area contributed by atoms with Crippen LogP contribution in [0.1, 0.15) is 23.1 Å². The van der Waals surface area contributed by atoms with Crippen molar-refractivity contribution in [2.24, 2.45) is 5.92 Å². The molecule has 2 aliphatic heterocycles. The standard InChI is InChI=1S/C23H19F4N3O2/c24-17-5-6-19-15(9-17)11-29(22(32)28-19)12-21(31)30-10-13-7-18(20(30)8-13)14-1-3-16(4-2-14)23(25,26)27/h1-7,9,13,20H,8,10-12H2,(H,28,32)/t13-,20-/m0/s1. The Labute approximate surface area is 181 Å². The number of urea groups is 1. The summed E-state index contributed by atoms with van der Waals surface area (Å²) in [5, 5.41) is 2.67. The summed E-state index contributed by atoms with van der Waals surface area (Å²) in [5.74, 6) is -0.536. The van der Waals surface area contributed by atoms with Gasteiger partial charge in [0.25, 0.3) is 0 Å². The highest BCUT2D eigenvalue weighted by Crippen LogP contribution is 2.42. The smallest absolute Gasteiger partial charge is 0.333 e. The molecule has 0 radical (unpaired) electrons. The van der Waals surface area contributed by atoms with Crippen LogP contribution in [-0.4, -0.2) is 40.9 Å². The molecule has 0 unspecified atom stereocenters. The lowest BCUT2D eigenvalue weighted by Crippen LogP contribution is -2.48. The number of halogens is 4. The zero-order valence-corrected chi connectivity index (χ0v) is 16.8. The Bertz CT molecular complexity index is 1130. The zero-order chi connectivity index (χ0) is 22.6. The number of carbonyl (C=O) groups excluding carboxylic acids is 2. The quantitative estimate of drug-likeness (QED) is 0.707. The molecule has 2 aromatic carbocycles. The maximum absolute atomic E-state index is 13.5. The van der Waals surface area contributed by atoms with Crippen LogP contribution in [0.4, 0.5) is 28.0 Å². The van der Waals surface area contributed by atoms with Crippen LogP contribution in [0.3, 0.4) is 0 Å². The van der Waals surface area contributed by atoms with E-state index >= 15 is 0 Å². The minimum absolute atomic E-state index is 0.119. The molecule has 1 fully saturated rings. The molecule has 1 aliphatic carbocycles. The maximum atomic E-state index is 13.5. The number of hydrogen-bond acceptors (Lipinski definition) is 2. The Balaban J connectivity index is 1.30. The van der Waals surface area contributed by atoms with Crippen LogP contribution in [0, 0.1) is 11.7 Å². The molecule has 0 saturated carbocycles. The van der Waals surface area contributed by atoms with Crippen LogP contribution in [0.2, 0.25) is 0 Å². The van der Waals surface area contributed by atoms with Crippen LogP contribution in [-0.2, 0) is 17.5 Å². The van der Waals surface area contributed by atoms with Crippen molar-refractivity contribution >= 4 is 23.2 Å². The maximum Gasteiger partial charge on any atom is 0.416 e. The highest BCUT2D eigenvalue weighted by Gasteiger charge is 2.42. The topological polar surface area (TPSA) is 52.7 Å². The molecule has 2 bridgehead atoms. The van der Waals surface area contributed by atoms with Gasteiger partial charge in [0, 0.05) is 12.2 Å². The number of alkyl halides is 3. The molecule has 3 amide bonds. The SMILES string of the molecule is O=C1Nc2ccc(F)cc2CN1CC(=O)N1C[C@H]2C=C(c3ccc(C(F)(F)F)cc3)[C@@H]1C2. The first-order valence-electron chi connectivity index (χ1n) is 10.2. The molecule has 2 atom stereocenters. The molecule has 1 saturated heterocycles. The van der Waals surface area contributed by atoms with Gasteiger partial charge in [-0.1, -0.05) is 18.2 Å². The molecule has 2 heterocycles. The van der Waals surface area contributed by atoms with Crippen molar-refractivity contribution in [3.05, 3.63) is 71.0 Å². The lowest BCUT2D eigenvalue weighted by atomic mass is 9.98. The molecule has 3 aliphatic rings. The number of likely N-dealkylation sites (tertiary alicyclic amines) is 1. The number of nitrogens with one attached hydrogen (secondary N) is 1. The predicted octanol–water partition coefficient (Wildman–Crippen LogP) is 4.51. The number of hydrogen-bond donors (Lipinski definition) is 1. The molecule has 0 aromatic heterocycles. The summed E-state index contributed by atoms with van der Waals surface area (Å²) in [4.78, 5) is 28.5. The summed E-state index contributed by atoms with van der Waals surface area (Å²) < 4.78 is 52.1. The number of fused-ring (bicyclic) bond motifs is 3. The molecule has 32 heavy (non-hydrogen) atoms. The van der Waals surface area contributed by atoms with Crippen LogP contribution < -0.4 is 5.32 Å². The van der Waals surface area contributed by atoms with E-state index in [-0.39, 0.29) is 31.0 Å². The number of amides is 3. The van der Waals surface area contributed by atoms with Gasteiger partial charge in [-0.15, -0.1) is 0 Å². The lowest BCUT2D eigenvalue weighted by Gasteiger charge is -2.33. The van der Waals surface area contributed by atoms with Gasteiger partial charge in [-0.25, -0.2) is 9.18 Å². The van der Waals surface area contributed by atoms with Crippen molar-refractivity contribution < 1.29 is 27.2 Å². The van der Waals surface area contributed by atoms with Crippen molar-refractivity contribution in [1.29, 1.82) is 0 Å². The van der Waals surface area contributed by atoms with Gasteiger partial charge < -0.3 is 15.1 Å². The van der Waals surface area contributed by atoms with E-state index in [4.69, 9.17) is 0 Å². The molecular weight excluding hydrogens is 426 g/mol. The zero-order valence-electron chi connectivity index (χ0n) is 16.8. The highest BCUT2D eigenvalue weighted by atomic mass is 19.4. The van der Waals surface area contributed by atoms with Crippen molar-refractivity contribution in [3.8, 4) is 0 Å². The van der Waals surface area contributed by atoms with E-state index in [0.717, 1.165) is 17.7 Å². The van der Waals surface area contributed by atoms with Gasteiger partial charge in [-0.05, 0) is 59.4 Å². The van der Waals surface area contributed by atoms with E-state index in [2.05, 4.69) is 5.32 Å². The van der Waals surface area contributed by atoms with Crippen LogP contribution >= 0.6 is 0 Å². The highest BCUT2D eigenvalue weighted by molar-refractivity contribution is 5.95. The molecule has 5 rings (SSSR count). The van der Waals surface area contributed by atoms with E-state index in [9.17, 15) is 27.2 Å². The third kappa shape index (κ3) is 3.61. The number of carbonyl (C=O) groups is 2. The Morgan fingerprint density at radius 2 is 1.88 bits per heavy atom. The van der Waals surface area contributed by atoms with Gasteiger partial charge >= 0.3 is 12.2 Å². The largest absolute Gasteiger partial charge is 0.416 e. The fourth-order valence-electron chi connectivity index (χ4n) is 4.73. The monoisotopic (exact) mass is 445 g/mol. The average molecular weight is 445 g/mol. The van der Waals surface area contributed by atoms with Gasteiger partial charge in [0.05, 0.1) is 18.2 Å². The van der Waals surface area contributed by atoms with E-state index in [0.29, 0.717) is 29.8 Å². The first kappa shape index (κ1) is 20.5. The van der Waals surface area contributed by atoms with E-state index in [1.807, 2.05) is 6.08 Å². The minimum atomic E-state index is -4.40. The normalized spacial score (nSPS) is 22.0. The molecule has 0 spiro atoms. The minimum Gasteiger partial charge on any atom is -0.333 e. The summed E-state index contributed by atoms with van der Waals surface area (Å²) in [7, 11) is 0. The van der Waals surface area contributed by atoms with E-state index < -0.39 is 23.6 Å². The van der Waals surface area contributed by atoms with Crippen molar-refractivity contribution in [2.45, 2.75) is 25.2 Å². The van der Waals surface area contributed by atoms with Gasteiger partial charge in [-0.3, -0.25) is 4.79 Å². The molecule has 1 N–H and O–H groups in total. The van der Waals surface area contributed by atoms with Gasteiger partial charge in [0.2, 0.25) is 5.91 Å². The van der Waals surface area contributed by atoms with E-state index in [1.165, 1.54) is 35.2 Å². The Kier molecular flexibility index (Phi) is 4.72. The van der Waals surface area contributed by atoms with Crippen molar-refractivity contribution in [3.63, 3.8) is 0 Å². The molecule has 2 aromatic rings. The number of nitrogens with zero attached hydrogens (tertiary/aromatic N) is 2. The second-order valence-electron chi connectivity index (χ2n) is 8.34. The molecule has 166 valence electrons. The molecule has 5 nitrogen and oxygen atoms in total. The third-order valence-electron chi connectivity index (χ3n) is 6.26. The first-order chi connectivity index (χ1) is 15.2. The molecular formula is C23H19F4N3O2. The number of benzene rings is 2. The van der Waals surface area contributed by atoms with Crippen molar-refractivity contribution in [1.82, 2.24) is 9.80 Å². The lowest BCUT2D eigenvalue weighted by molar-refractivity contribution is -0.137. The Hall–Kier alpha value is -3.36. The van der Waals surface area contributed by atoms with Crippen LogP contribution in [0.5, 0.6) is 0 Å². The number of anilines is 1. The Morgan fingerprint density at radius 3 is 2.56 bits per heavy atom. The van der Waals surface area contributed by atoms with Crippen LogP contribution in [0.25, 0.3) is 5.57 Å².